The van der Waals surface area contributed by atoms with E-state index >= 15 is 0 Å². The van der Waals surface area contributed by atoms with E-state index in [1.807, 2.05) is 5.25 Å². The van der Waals surface area contributed by atoms with Gasteiger partial charge >= 0.3 is 0 Å². The van der Waals surface area contributed by atoms with Gasteiger partial charge in [0.25, 0.3) is 0 Å². The minimum absolute atomic E-state index is 0. The molecule has 1 atom stereocenters. The van der Waals surface area contributed by atoms with Gasteiger partial charge in [-0.1, -0.05) is 0 Å². The molecule has 9 heavy (non-hydrogen) atoms. The first-order valence-electron chi connectivity index (χ1n) is 2.02. The molecule has 6 heteroatoms. The standard InChI is InChI=1S/C3H8NO3P.U/c1-3(5)8(6)4-7-2;/h8H,1-2H3,(H,4,6);. The van der Waals surface area contributed by atoms with Gasteiger partial charge in [0.2, 0.25) is 13.5 Å². The Bertz CT molecular complexity index is 118. The Labute approximate surface area is 77.9 Å². The number of carbonyl (C=O) groups is 1. The molecule has 0 aliphatic heterocycles. The fourth-order valence-electron chi connectivity index (χ4n) is 0.165. The topological polar surface area (TPSA) is 55.4 Å². The van der Waals surface area contributed by atoms with E-state index in [2.05, 4.69) is 4.84 Å². The van der Waals surface area contributed by atoms with Crippen molar-refractivity contribution < 1.29 is 45.3 Å². The van der Waals surface area contributed by atoms with E-state index in [0.717, 1.165) is 0 Å². The zero-order valence-corrected chi connectivity index (χ0v) is 10.4. The Morgan fingerprint density at radius 1 is 1.67 bits per heavy atom. The number of nitrogens with one attached hydrogen (secondary N) is 1. The molecule has 0 aromatic heterocycles. The van der Waals surface area contributed by atoms with Crippen molar-refractivity contribution in [3.05, 3.63) is 0 Å². The van der Waals surface area contributed by atoms with Gasteiger partial charge < -0.3 is 0 Å². The van der Waals surface area contributed by atoms with Crippen molar-refractivity contribution in [2.75, 3.05) is 7.11 Å². The monoisotopic (exact) mass is 375 g/mol. The van der Waals surface area contributed by atoms with Gasteiger partial charge in [0.15, 0.2) is 0 Å². The van der Waals surface area contributed by atoms with E-state index in [-0.39, 0.29) is 36.6 Å². The van der Waals surface area contributed by atoms with E-state index in [9.17, 15) is 9.36 Å². The minimum Gasteiger partial charge on any atom is -0.300 e. The predicted molar refractivity (Wildman–Crippen MR) is 29.8 cm³/mol. The molecule has 4 nitrogen and oxygen atoms in total. The predicted octanol–water partition coefficient (Wildman–Crippen LogP) is 0.159. The second-order valence-electron chi connectivity index (χ2n) is 1.19. The zero-order valence-electron chi connectivity index (χ0n) is 5.22. The van der Waals surface area contributed by atoms with Crippen LogP contribution >= 0.6 is 7.95 Å². The quantitative estimate of drug-likeness (QED) is 0.564. The van der Waals surface area contributed by atoms with Gasteiger partial charge in [-0.15, -0.1) is 5.25 Å². The van der Waals surface area contributed by atoms with Crippen molar-refractivity contribution in [1.82, 2.24) is 5.25 Å². The smallest absolute Gasteiger partial charge is 0.220 e. The first kappa shape index (κ1) is 12.5. The molecule has 52 valence electrons. The van der Waals surface area contributed by atoms with Gasteiger partial charge in [0.1, 0.15) is 0 Å². The normalized spacial score (nSPS) is 11.8. The molecule has 0 heterocycles. The van der Waals surface area contributed by atoms with Crippen LogP contribution in [0.2, 0.25) is 0 Å². The summed E-state index contributed by atoms with van der Waals surface area (Å²) < 4.78 is 10.3. The molecule has 0 fully saturated rings. The van der Waals surface area contributed by atoms with Crippen LogP contribution in [0.25, 0.3) is 0 Å². The molecule has 0 aromatic carbocycles. The molecule has 0 saturated carbocycles. The van der Waals surface area contributed by atoms with Crippen molar-refractivity contribution >= 4 is 13.5 Å². The summed E-state index contributed by atoms with van der Waals surface area (Å²) in [7, 11) is -1.01. The molecule has 0 aliphatic carbocycles. The average molecular weight is 375 g/mol. The van der Waals surface area contributed by atoms with E-state index in [4.69, 9.17) is 0 Å². The van der Waals surface area contributed by atoms with Crippen LogP contribution in [0.3, 0.4) is 0 Å². The Morgan fingerprint density at radius 2 is 2.11 bits per heavy atom. The number of hydrogen-bond acceptors (Lipinski definition) is 3. The molecule has 1 unspecified atom stereocenters. The average Bonchev–Trinajstić information content (AvgIpc) is 1.67. The van der Waals surface area contributed by atoms with Crippen LogP contribution in [-0.2, 0) is 14.2 Å². The van der Waals surface area contributed by atoms with Gasteiger partial charge in [-0.25, -0.2) is 0 Å². The molecule has 0 rings (SSSR count). The Morgan fingerprint density at radius 3 is 2.22 bits per heavy atom. The first-order chi connectivity index (χ1) is 3.68. The molecule has 0 radical (unpaired) electrons. The van der Waals surface area contributed by atoms with Gasteiger partial charge in [0, 0.05) is 38.0 Å². The summed E-state index contributed by atoms with van der Waals surface area (Å²) in [5.41, 5.74) is -0.378. The molecule has 0 bridgehead atoms. The molecule has 1 N–H and O–H groups in total. The van der Waals surface area contributed by atoms with Crippen LogP contribution < -0.4 is 5.25 Å². The van der Waals surface area contributed by atoms with Crippen LogP contribution in [0, 0.1) is 31.1 Å². The Kier molecular flexibility index (Phi) is 9.73. The number of rotatable bonds is 3. The van der Waals surface area contributed by atoms with E-state index in [0.29, 0.717) is 0 Å². The van der Waals surface area contributed by atoms with Gasteiger partial charge in [-0.3, -0.25) is 14.2 Å². The second-order valence-corrected chi connectivity index (χ2v) is 2.76. The Balaban J connectivity index is 0. The van der Waals surface area contributed by atoms with Crippen LogP contribution in [0.4, 0.5) is 0 Å². The van der Waals surface area contributed by atoms with Crippen molar-refractivity contribution in [3.8, 4) is 0 Å². The summed E-state index contributed by atoms with van der Waals surface area (Å²) in [5.74, 6) is 0. The molecule has 0 aromatic rings. The van der Waals surface area contributed by atoms with Crippen molar-refractivity contribution in [2.45, 2.75) is 6.92 Å². The van der Waals surface area contributed by atoms with Crippen molar-refractivity contribution in [2.24, 2.45) is 0 Å². The molecule has 0 aliphatic rings. The third-order valence-electron chi connectivity index (χ3n) is 0.515. The van der Waals surface area contributed by atoms with E-state index < -0.39 is 7.95 Å². The van der Waals surface area contributed by atoms with Gasteiger partial charge in [-0.05, 0) is 0 Å². The van der Waals surface area contributed by atoms with Crippen LogP contribution in [0.5, 0.6) is 0 Å². The third-order valence-corrected chi connectivity index (χ3v) is 1.54. The second kappa shape index (κ2) is 6.98. The van der Waals surface area contributed by atoms with Crippen molar-refractivity contribution in [3.63, 3.8) is 0 Å². The molecular formula is C3H8NO3PU. The summed E-state index contributed by atoms with van der Waals surface area (Å²) >= 11 is 0. The molecule has 0 saturated heterocycles. The summed E-state index contributed by atoms with van der Waals surface area (Å²) in [4.78, 5) is 14.4. The van der Waals surface area contributed by atoms with Gasteiger partial charge in [-0.2, -0.15) is 0 Å². The van der Waals surface area contributed by atoms with Crippen LogP contribution in [-0.4, -0.2) is 12.6 Å². The van der Waals surface area contributed by atoms with E-state index in [1.54, 1.807) is 0 Å². The summed E-state index contributed by atoms with van der Waals surface area (Å²) in [6, 6.07) is 0. The fraction of sp³-hybridized carbons (Fsp3) is 0.667. The Hall–Kier alpha value is 0.872. The maximum atomic E-state index is 10.3. The van der Waals surface area contributed by atoms with Gasteiger partial charge in [0.05, 0.1) is 7.11 Å². The van der Waals surface area contributed by atoms with Crippen LogP contribution in [0.15, 0.2) is 0 Å². The maximum Gasteiger partial charge on any atom is 0.220 e. The minimum atomic E-state index is -2.32. The summed E-state index contributed by atoms with van der Waals surface area (Å²) in [6.45, 7) is 1.24. The van der Waals surface area contributed by atoms with Crippen molar-refractivity contribution in [1.29, 1.82) is 0 Å². The summed E-state index contributed by atoms with van der Waals surface area (Å²) in [6.07, 6.45) is 0. The van der Waals surface area contributed by atoms with Crippen LogP contribution in [0.1, 0.15) is 6.92 Å². The first-order valence-corrected chi connectivity index (χ1v) is 3.43. The zero-order chi connectivity index (χ0) is 6.57. The molecule has 0 amide bonds. The fourth-order valence-corrected chi connectivity index (χ4v) is 0.494. The molecular weight excluding hydrogens is 367 g/mol. The number of carbonyl (C=O) groups excluding carboxylic acids is 1. The number of hydrogen-bond donors (Lipinski definition) is 1. The summed E-state index contributed by atoms with van der Waals surface area (Å²) in [5, 5.41) is 2.04. The molecule has 0 spiro atoms. The SMILES string of the molecule is CON[PH](=O)C(C)=O.[U]. The third kappa shape index (κ3) is 6.76. The largest absolute Gasteiger partial charge is 0.300 e. The maximum absolute atomic E-state index is 10.3. The van der Waals surface area contributed by atoms with E-state index in [1.165, 1.54) is 14.0 Å².